The fourth-order valence-electron chi connectivity index (χ4n) is 2.25. The van der Waals surface area contributed by atoms with Gasteiger partial charge in [-0.05, 0) is 25.0 Å². The van der Waals surface area contributed by atoms with Gasteiger partial charge in [0.25, 0.3) is 5.56 Å². The fourth-order valence-corrected chi connectivity index (χ4v) is 2.25. The van der Waals surface area contributed by atoms with E-state index >= 15 is 0 Å². The third kappa shape index (κ3) is 3.57. The Hall–Kier alpha value is -2.67. The van der Waals surface area contributed by atoms with Crippen molar-refractivity contribution in [3.63, 3.8) is 0 Å². The average molecular weight is 317 g/mol. The summed E-state index contributed by atoms with van der Waals surface area (Å²) in [5.41, 5.74) is -0.577. The minimum absolute atomic E-state index is 0.00759. The molecular formula is C16H19N3O4. The van der Waals surface area contributed by atoms with E-state index in [1.807, 2.05) is 0 Å². The predicted molar refractivity (Wildman–Crippen MR) is 87.7 cm³/mol. The Bertz CT molecular complexity index is 806. The van der Waals surface area contributed by atoms with Crippen molar-refractivity contribution in [3.8, 4) is 11.6 Å². The van der Waals surface area contributed by atoms with E-state index in [-0.39, 0.29) is 12.2 Å². The summed E-state index contributed by atoms with van der Waals surface area (Å²) in [6.07, 6.45) is 0.871. The SMILES string of the molecule is CCC(=NCCCO)c1c(O)n(-c2ccccc2)c(=O)[nH]c1=O. The molecule has 0 aliphatic carbocycles. The van der Waals surface area contributed by atoms with Gasteiger partial charge in [-0.1, -0.05) is 25.1 Å². The van der Waals surface area contributed by atoms with E-state index < -0.39 is 17.1 Å². The topological polar surface area (TPSA) is 108 Å². The third-order valence-corrected chi connectivity index (χ3v) is 3.34. The van der Waals surface area contributed by atoms with Crippen LogP contribution < -0.4 is 11.2 Å². The van der Waals surface area contributed by atoms with E-state index in [0.29, 0.717) is 30.8 Å². The number of aromatic amines is 1. The molecule has 2 aromatic rings. The molecule has 2 rings (SSSR count). The first-order valence-electron chi connectivity index (χ1n) is 7.38. The highest BCUT2D eigenvalue weighted by Gasteiger charge is 2.18. The predicted octanol–water partition coefficient (Wildman–Crippen LogP) is 0.813. The molecule has 0 atom stereocenters. The van der Waals surface area contributed by atoms with E-state index in [0.717, 1.165) is 4.57 Å². The fraction of sp³-hybridized carbons (Fsp3) is 0.312. The molecule has 1 aromatic carbocycles. The molecule has 1 heterocycles. The molecule has 0 fully saturated rings. The lowest BCUT2D eigenvalue weighted by Crippen LogP contribution is -2.33. The molecule has 0 spiro atoms. The molecule has 122 valence electrons. The highest BCUT2D eigenvalue weighted by atomic mass is 16.3. The minimum atomic E-state index is -0.715. The number of benzene rings is 1. The van der Waals surface area contributed by atoms with Crippen LogP contribution in [0.3, 0.4) is 0 Å². The number of aromatic nitrogens is 2. The Morgan fingerprint density at radius 2 is 1.96 bits per heavy atom. The molecule has 23 heavy (non-hydrogen) atoms. The van der Waals surface area contributed by atoms with Gasteiger partial charge in [0.1, 0.15) is 5.56 Å². The molecule has 0 unspecified atom stereocenters. The summed E-state index contributed by atoms with van der Waals surface area (Å²) in [6, 6.07) is 8.53. The van der Waals surface area contributed by atoms with Crippen LogP contribution in [0.4, 0.5) is 0 Å². The third-order valence-electron chi connectivity index (χ3n) is 3.34. The van der Waals surface area contributed by atoms with E-state index in [2.05, 4.69) is 9.98 Å². The van der Waals surface area contributed by atoms with Gasteiger partial charge in [-0.25, -0.2) is 9.36 Å². The van der Waals surface area contributed by atoms with Crippen LogP contribution in [0.5, 0.6) is 5.88 Å². The minimum Gasteiger partial charge on any atom is -0.493 e. The van der Waals surface area contributed by atoms with E-state index in [9.17, 15) is 14.7 Å². The van der Waals surface area contributed by atoms with Crippen LogP contribution in [0.1, 0.15) is 25.3 Å². The van der Waals surface area contributed by atoms with Gasteiger partial charge in [0.05, 0.1) is 11.4 Å². The maximum Gasteiger partial charge on any atom is 0.335 e. The Morgan fingerprint density at radius 1 is 1.26 bits per heavy atom. The Kier molecular flexibility index (Phi) is 5.48. The molecule has 3 N–H and O–H groups in total. The van der Waals surface area contributed by atoms with Gasteiger partial charge in [0.15, 0.2) is 0 Å². The van der Waals surface area contributed by atoms with Crippen LogP contribution in [0, 0.1) is 0 Å². The second-order valence-electron chi connectivity index (χ2n) is 4.89. The number of aromatic hydroxyl groups is 1. The molecule has 7 nitrogen and oxygen atoms in total. The lowest BCUT2D eigenvalue weighted by atomic mass is 10.1. The Morgan fingerprint density at radius 3 is 2.57 bits per heavy atom. The number of aliphatic hydroxyl groups is 1. The van der Waals surface area contributed by atoms with Crippen molar-refractivity contribution in [3.05, 3.63) is 56.7 Å². The van der Waals surface area contributed by atoms with Gasteiger partial charge in [-0.2, -0.15) is 0 Å². The normalized spacial score (nSPS) is 11.7. The van der Waals surface area contributed by atoms with E-state index in [1.165, 1.54) is 0 Å². The van der Waals surface area contributed by atoms with Crippen LogP contribution in [-0.4, -0.2) is 38.6 Å². The van der Waals surface area contributed by atoms with Gasteiger partial charge >= 0.3 is 5.69 Å². The molecule has 0 amide bonds. The first-order valence-corrected chi connectivity index (χ1v) is 7.38. The van der Waals surface area contributed by atoms with Gasteiger partial charge in [-0.3, -0.25) is 14.8 Å². The molecule has 1 aromatic heterocycles. The number of nitrogens with zero attached hydrogens (tertiary/aromatic N) is 2. The summed E-state index contributed by atoms with van der Waals surface area (Å²) in [4.78, 5) is 30.6. The van der Waals surface area contributed by atoms with Crippen LogP contribution in [0.25, 0.3) is 5.69 Å². The zero-order chi connectivity index (χ0) is 16.8. The van der Waals surface area contributed by atoms with Crippen molar-refractivity contribution in [2.45, 2.75) is 19.8 Å². The summed E-state index contributed by atoms with van der Waals surface area (Å²) in [6.45, 7) is 2.13. The van der Waals surface area contributed by atoms with Crippen LogP contribution in [0.15, 0.2) is 44.9 Å². The average Bonchev–Trinajstić information content (AvgIpc) is 2.54. The monoisotopic (exact) mass is 317 g/mol. The van der Waals surface area contributed by atoms with Crippen molar-refractivity contribution in [1.82, 2.24) is 9.55 Å². The van der Waals surface area contributed by atoms with Crippen LogP contribution >= 0.6 is 0 Å². The molecule has 0 saturated carbocycles. The zero-order valence-electron chi connectivity index (χ0n) is 12.8. The van der Waals surface area contributed by atoms with Crippen LogP contribution in [-0.2, 0) is 0 Å². The maximum absolute atomic E-state index is 12.1. The molecular weight excluding hydrogens is 298 g/mol. The van der Waals surface area contributed by atoms with Gasteiger partial charge in [-0.15, -0.1) is 0 Å². The number of H-pyrrole nitrogens is 1. The highest BCUT2D eigenvalue weighted by Crippen LogP contribution is 2.17. The summed E-state index contributed by atoms with van der Waals surface area (Å²) in [5.74, 6) is -0.436. The second-order valence-corrected chi connectivity index (χ2v) is 4.89. The number of aliphatic imine (C=N–C) groups is 1. The van der Waals surface area contributed by atoms with Crippen LogP contribution in [0.2, 0.25) is 0 Å². The summed E-state index contributed by atoms with van der Waals surface area (Å²) in [7, 11) is 0. The number of para-hydroxylation sites is 1. The smallest absolute Gasteiger partial charge is 0.335 e. The molecule has 7 heteroatoms. The molecule has 0 saturated heterocycles. The molecule has 0 aliphatic rings. The van der Waals surface area contributed by atoms with Crippen molar-refractivity contribution in [2.75, 3.05) is 13.2 Å². The zero-order valence-corrected chi connectivity index (χ0v) is 12.8. The lowest BCUT2D eigenvalue weighted by Gasteiger charge is -2.12. The quantitative estimate of drug-likeness (QED) is 0.541. The Balaban J connectivity index is 2.64. The number of hydrogen-bond donors (Lipinski definition) is 3. The maximum atomic E-state index is 12.1. The number of nitrogens with one attached hydrogen (secondary N) is 1. The summed E-state index contributed by atoms with van der Waals surface area (Å²) in [5, 5.41) is 19.3. The Labute approximate surface area is 132 Å². The first kappa shape index (κ1) is 16.7. The molecule has 0 aliphatic heterocycles. The number of hydrogen-bond acceptors (Lipinski definition) is 5. The van der Waals surface area contributed by atoms with Gasteiger partial charge in [0, 0.05) is 13.2 Å². The standard InChI is InChI=1S/C16H19N3O4/c1-2-12(17-9-6-10-20)13-14(21)18-16(23)19(15(13)22)11-7-4-3-5-8-11/h3-5,7-8,20,22H,2,6,9-10H2,1H3,(H,18,21,23). The van der Waals surface area contributed by atoms with E-state index in [1.54, 1.807) is 37.3 Å². The first-order chi connectivity index (χ1) is 11.1. The number of rotatable bonds is 6. The second kappa shape index (κ2) is 7.55. The van der Waals surface area contributed by atoms with E-state index in [4.69, 9.17) is 5.11 Å². The van der Waals surface area contributed by atoms with Crippen molar-refractivity contribution >= 4 is 5.71 Å². The lowest BCUT2D eigenvalue weighted by molar-refractivity contribution is 0.291. The molecule has 0 bridgehead atoms. The van der Waals surface area contributed by atoms with Gasteiger partial charge < -0.3 is 10.2 Å². The van der Waals surface area contributed by atoms with Crippen molar-refractivity contribution in [1.29, 1.82) is 0 Å². The summed E-state index contributed by atoms with van der Waals surface area (Å²) < 4.78 is 1.04. The van der Waals surface area contributed by atoms with Gasteiger partial charge in [0.2, 0.25) is 5.88 Å². The number of aliphatic hydroxyl groups excluding tert-OH is 1. The van der Waals surface area contributed by atoms with Crippen molar-refractivity contribution < 1.29 is 10.2 Å². The highest BCUT2D eigenvalue weighted by molar-refractivity contribution is 6.02. The summed E-state index contributed by atoms with van der Waals surface area (Å²) >= 11 is 0. The largest absolute Gasteiger partial charge is 0.493 e. The molecule has 0 radical (unpaired) electrons. The van der Waals surface area contributed by atoms with Crippen molar-refractivity contribution in [2.24, 2.45) is 4.99 Å².